The van der Waals surface area contributed by atoms with E-state index in [1.807, 2.05) is 19.2 Å². The summed E-state index contributed by atoms with van der Waals surface area (Å²) in [5.41, 5.74) is 1.05. The van der Waals surface area contributed by atoms with Gasteiger partial charge in [0.1, 0.15) is 0 Å². The van der Waals surface area contributed by atoms with Gasteiger partial charge in [-0.1, -0.05) is 27.3 Å². The van der Waals surface area contributed by atoms with Crippen molar-refractivity contribution < 1.29 is 0 Å². The fourth-order valence-corrected chi connectivity index (χ4v) is 2.38. The summed E-state index contributed by atoms with van der Waals surface area (Å²) in [5.74, 6) is 0. The zero-order chi connectivity index (χ0) is 8.55. The Balaban J connectivity index is 2.67. The number of anilines is 1. The van der Waals surface area contributed by atoms with Crippen LogP contribution < -0.4 is 5.32 Å². The van der Waals surface area contributed by atoms with E-state index in [1.54, 1.807) is 11.3 Å². The number of halogens is 1. The first-order chi connectivity index (χ1) is 5.79. The summed E-state index contributed by atoms with van der Waals surface area (Å²) in [4.78, 5) is 4.36. The smallest absolute Gasteiger partial charge is 0.183 e. The molecule has 2 nitrogen and oxygen atoms in total. The molecule has 1 aromatic carbocycles. The van der Waals surface area contributed by atoms with Crippen LogP contribution in [0.2, 0.25) is 0 Å². The lowest BCUT2D eigenvalue weighted by atomic mass is 10.3. The summed E-state index contributed by atoms with van der Waals surface area (Å²) in [6.07, 6.45) is 0. The Labute approximate surface area is 82.8 Å². The van der Waals surface area contributed by atoms with Crippen molar-refractivity contribution in [3.63, 3.8) is 0 Å². The second-order valence-electron chi connectivity index (χ2n) is 2.38. The lowest BCUT2D eigenvalue weighted by Crippen LogP contribution is -1.83. The van der Waals surface area contributed by atoms with E-state index >= 15 is 0 Å². The third-order valence-corrected chi connectivity index (χ3v) is 3.09. The van der Waals surface area contributed by atoms with Crippen molar-refractivity contribution in [2.24, 2.45) is 0 Å². The molecular formula is C8H7BrN2S. The number of hydrogen-bond acceptors (Lipinski definition) is 3. The monoisotopic (exact) mass is 242 g/mol. The van der Waals surface area contributed by atoms with E-state index < -0.39 is 0 Å². The number of benzene rings is 1. The van der Waals surface area contributed by atoms with E-state index in [2.05, 4.69) is 32.3 Å². The lowest BCUT2D eigenvalue weighted by molar-refractivity contribution is 1.41. The number of nitrogens with zero attached hydrogens (tertiary/aromatic N) is 1. The van der Waals surface area contributed by atoms with E-state index in [-0.39, 0.29) is 0 Å². The fourth-order valence-electron chi connectivity index (χ4n) is 1.01. The molecular weight excluding hydrogens is 236 g/mol. The van der Waals surface area contributed by atoms with Crippen molar-refractivity contribution in [2.75, 3.05) is 12.4 Å². The first-order valence-electron chi connectivity index (χ1n) is 3.53. The highest BCUT2D eigenvalue weighted by molar-refractivity contribution is 9.10. The van der Waals surface area contributed by atoms with Gasteiger partial charge in [0.25, 0.3) is 0 Å². The van der Waals surface area contributed by atoms with Gasteiger partial charge in [0.2, 0.25) is 0 Å². The predicted molar refractivity (Wildman–Crippen MR) is 56.9 cm³/mol. The van der Waals surface area contributed by atoms with Gasteiger partial charge in [0.15, 0.2) is 5.13 Å². The molecule has 0 amide bonds. The number of aromatic nitrogens is 1. The lowest BCUT2D eigenvalue weighted by Gasteiger charge is -1.86. The highest BCUT2D eigenvalue weighted by Gasteiger charge is 2.01. The number of fused-ring (bicyclic) bond motifs is 1. The van der Waals surface area contributed by atoms with Gasteiger partial charge in [-0.2, -0.15) is 0 Å². The van der Waals surface area contributed by atoms with Crippen LogP contribution in [0.3, 0.4) is 0 Å². The first kappa shape index (κ1) is 8.01. The summed E-state index contributed by atoms with van der Waals surface area (Å²) in [7, 11) is 1.88. The first-order valence-corrected chi connectivity index (χ1v) is 5.14. The summed E-state index contributed by atoms with van der Waals surface area (Å²) in [6, 6.07) is 6.09. The minimum atomic E-state index is 0.961. The summed E-state index contributed by atoms with van der Waals surface area (Å²) in [6.45, 7) is 0. The van der Waals surface area contributed by atoms with Crippen LogP contribution in [0.5, 0.6) is 0 Å². The maximum atomic E-state index is 4.36. The molecule has 0 aliphatic rings. The van der Waals surface area contributed by atoms with E-state index in [1.165, 1.54) is 4.70 Å². The molecule has 1 aromatic heterocycles. The van der Waals surface area contributed by atoms with Crippen molar-refractivity contribution in [2.45, 2.75) is 0 Å². The van der Waals surface area contributed by atoms with Gasteiger partial charge >= 0.3 is 0 Å². The van der Waals surface area contributed by atoms with Gasteiger partial charge in [0, 0.05) is 11.5 Å². The van der Waals surface area contributed by atoms with Crippen LogP contribution in [0.25, 0.3) is 10.2 Å². The van der Waals surface area contributed by atoms with E-state index in [0.717, 1.165) is 15.1 Å². The zero-order valence-electron chi connectivity index (χ0n) is 6.47. The molecule has 0 fully saturated rings. The van der Waals surface area contributed by atoms with Gasteiger partial charge in [0.05, 0.1) is 10.2 Å². The molecule has 0 bridgehead atoms. The maximum Gasteiger partial charge on any atom is 0.183 e. The van der Waals surface area contributed by atoms with Gasteiger partial charge < -0.3 is 5.32 Å². The quantitative estimate of drug-likeness (QED) is 0.832. The predicted octanol–water partition coefficient (Wildman–Crippen LogP) is 3.10. The average Bonchev–Trinajstić information content (AvgIpc) is 2.46. The molecule has 2 aromatic rings. The number of rotatable bonds is 1. The summed E-state index contributed by atoms with van der Waals surface area (Å²) >= 11 is 5.08. The molecule has 0 radical (unpaired) electrons. The molecule has 0 saturated heterocycles. The van der Waals surface area contributed by atoms with Crippen LogP contribution in [-0.2, 0) is 0 Å². The van der Waals surface area contributed by atoms with Gasteiger partial charge in [-0.3, -0.25) is 0 Å². The van der Waals surface area contributed by atoms with Crippen molar-refractivity contribution in [1.82, 2.24) is 4.98 Å². The third kappa shape index (κ3) is 1.32. The van der Waals surface area contributed by atoms with Crippen LogP contribution in [0, 0.1) is 0 Å². The second kappa shape index (κ2) is 3.03. The molecule has 1 heterocycles. The van der Waals surface area contributed by atoms with Crippen molar-refractivity contribution in [3.05, 3.63) is 22.7 Å². The highest BCUT2D eigenvalue weighted by atomic mass is 79.9. The average molecular weight is 243 g/mol. The van der Waals surface area contributed by atoms with Crippen LogP contribution >= 0.6 is 27.3 Å². The van der Waals surface area contributed by atoms with Gasteiger partial charge in [-0.15, -0.1) is 0 Å². The van der Waals surface area contributed by atoms with E-state index in [4.69, 9.17) is 0 Å². The van der Waals surface area contributed by atoms with E-state index in [9.17, 15) is 0 Å². The zero-order valence-corrected chi connectivity index (χ0v) is 8.87. The molecule has 0 aliphatic heterocycles. The van der Waals surface area contributed by atoms with Crippen LogP contribution in [0.15, 0.2) is 22.7 Å². The topological polar surface area (TPSA) is 24.9 Å². The Morgan fingerprint density at radius 1 is 1.50 bits per heavy atom. The molecule has 0 aliphatic carbocycles. The molecule has 1 N–H and O–H groups in total. The molecule has 0 atom stereocenters. The number of thiazole rings is 1. The molecule has 2 rings (SSSR count). The van der Waals surface area contributed by atoms with Crippen LogP contribution in [0.4, 0.5) is 5.13 Å². The normalized spacial score (nSPS) is 10.5. The van der Waals surface area contributed by atoms with Crippen LogP contribution in [-0.4, -0.2) is 12.0 Å². The van der Waals surface area contributed by atoms with Crippen molar-refractivity contribution >= 4 is 42.6 Å². The van der Waals surface area contributed by atoms with Crippen LogP contribution in [0.1, 0.15) is 0 Å². The second-order valence-corrected chi connectivity index (χ2v) is 4.33. The SMILES string of the molecule is CNc1nc2ccc(Br)cc2s1. The molecule has 0 unspecified atom stereocenters. The fraction of sp³-hybridized carbons (Fsp3) is 0.125. The van der Waals surface area contributed by atoms with Gasteiger partial charge in [-0.05, 0) is 18.2 Å². The van der Waals surface area contributed by atoms with Crippen molar-refractivity contribution in [1.29, 1.82) is 0 Å². The largest absolute Gasteiger partial charge is 0.365 e. The highest BCUT2D eigenvalue weighted by Crippen LogP contribution is 2.27. The summed E-state index contributed by atoms with van der Waals surface area (Å²) in [5, 5.41) is 3.99. The molecule has 0 spiro atoms. The molecule has 12 heavy (non-hydrogen) atoms. The Morgan fingerprint density at radius 3 is 3.08 bits per heavy atom. The minimum Gasteiger partial charge on any atom is -0.365 e. The van der Waals surface area contributed by atoms with Gasteiger partial charge in [-0.25, -0.2) is 4.98 Å². The minimum absolute atomic E-state index is 0.961. The molecule has 0 saturated carbocycles. The standard InChI is InChI=1S/C8H7BrN2S/c1-10-8-11-6-3-2-5(9)4-7(6)12-8/h2-4H,1H3,(H,10,11). The molecule has 4 heteroatoms. The Morgan fingerprint density at radius 2 is 2.33 bits per heavy atom. The van der Waals surface area contributed by atoms with Crippen molar-refractivity contribution in [3.8, 4) is 0 Å². The molecule has 62 valence electrons. The number of hydrogen-bond donors (Lipinski definition) is 1. The third-order valence-electron chi connectivity index (χ3n) is 1.56. The van der Waals surface area contributed by atoms with E-state index in [0.29, 0.717) is 0 Å². The number of nitrogens with one attached hydrogen (secondary N) is 1. The Kier molecular flexibility index (Phi) is 2.02. The Bertz CT molecular complexity index is 410. The maximum absolute atomic E-state index is 4.36. The summed E-state index contributed by atoms with van der Waals surface area (Å²) < 4.78 is 2.30. The Hall–Kier alpha value is -0.610.